The summed E-state index contributed by atoms with van der Waals surface area (Å²) in [4.78, 5) is 55.0. The fourth-order valence-electron chi connectivity index (χ4n) is 6.23. The molecule has 6 rings (SSSR count). The number of ether oxygens (including phenoxy) is 1. The summed E-state index contributed by atoms with van der Waals surface area (Å²) in [5.41, 5.74) is -1.05. The first-order valence-corrected chi connectivity index (χ1v) is 15.0. The van der Waals surface area contributed by atoms with E-state index in [9.17, 15) is 42.0 Å². The SMILES string of the molecule is CN(C(=O)[C@H](CC1CC1)NC(=O)C(F)(F)F)[C@@H](CC1CC1)C(=O)N1C[C@@]2(C[C@H]1C#N)Oc1cc(C3CC3)cc(F)c1NC2=O. The van der Waals surface area contributed by atoms with E-state index >= 15 is 0 Å². The van der Waals surface area contributed by atoms with Crippen molar-refractivity contribution < 1.29 is 41.5 Å². The highest BCUT2D eigenvalue weighted by Gasteiger charge is 2.57. The van der Waals surface area contributed by atoms with Gasteiger partial charge in [0, 0.05) is 13.5 Å². The van der Waals surface area contributed by atoms with Gasteiger partial charge in [0.05, 0.1) is 12.6 Å². The first-order chi connectivity index (χ1) is 20.8. The number of nitriles is 1. The van der Waals surface area contributed by atoms with Crippen LogP contribution >= 0.6 is 0 Å². The molecule has 10 nitrogen and oxygen atoms in total. The number of anilines is 1. The van der Waals surface area contributed by atoms with Crippen LogP contribution < -0.4 is 15.4 Å². The Morgan fingerprint density at radius 1 is 1.16 bits per heavy atom. The highest BCUT2D eigenvalue weighted by atomic mass is 19.4. The van der Waals surface area contributed by atoms with E-state index in [-0.39, 0.29) is 55.0 Å². The summed E-state index contributed by atoms with van der Waals surface area (Å²) in [7, 11) is 1.31. The second-order valence-corrected chi connectivity index (χ2v) is 12.9. The van der Waals surface area contributed by atoms with E-state index in [0.29, 0.717) is 0 Å². The Balaban J connectivity index is 1.24. The molecule has 1 aromatic carbocycles. The maximum Gasteiger partial charge on any atom is 0.471 e. The number of nitrogens with one attached hydrogen (secondary N) is 2. The zero-order valence-corrected chi connectivity index (χ0v) is 24.1. The molecule has 0 aromatic heterocycles. The van der Waals surface area contributed by atoms with Crippen LogP contribution in [-0.4, -0.2) is 76.9 Å². The first-order valence-electron chi connectivity index (χ1n) is 15.0. The van der Waals surface area contributed by atoms with Gasteiger partial charge in [-0.15, -0.1) is 0 Å². The summed E-state index contributed by atoms with van der Waals surface area (Å²) in [6, 6.07) is 1.32. The van der Waals surface area contributed by atoms with Crippen molar-refractivity contribution in [2.75, 3.05) is 18.9 Å². The topological polar surface area (TPSA) is 132 Å². The van der Waals surface area contributed by atoms with E-state index in [2.05, 4.69) is 5.32 Å². The van der Waals surface area contributed by atoms with Crippen LogP contribution in [-0.2, 0) is 19.2 Å². The van der Waals surface area contributed by atoms with Crippen molar-refractivity contribution in [3.05, 3.63) is 23.5 Å². The first kappa shape index (κ1) is 30.1. The molecule has 4 fully saturated rings. The monoisotopic (exact) mass is 619 g/mol. The van der Waals surface area contributed by atoms with Crippen molar-refractivity contribution >= 4 is 29.3 Å². The quantitative estimate of drug-likeness (QED) is 0.408. The molecule has 236 valence electrons. The molecule has 2 N–H and O–H groups in total. The average Bonchev–Trinajstić information content (AvgIpc) is 3.82. The molecule has 1 aromatic rings. The van der Waals surface area contributed by atoms with Gasteiger partial charge in [0.2, 0.25) is 17.4 Å². The number of rotatable bonds is 9. The summed E-state index contributed by atoms with van der Waals surface area (Å²) in [5.74, 6) is -4.68. The summed E-state index contributed by atoms with van der Waals surface area (Å²) >= 11 is 0. The lowest BCUT2D eigenvalue weighted by Crippen LogP contribution is -2.58. The molecule has 0 bridgehead atoms. The van der Waals surface area contributed by atoms with Gasteiger partial charge in [-0.3, -0.25) is 19.2 Å². The van der Waals surface area contributed by atoms with Gasteiger partial charge in [-0.25, -0.2) is 4.39 Å². The van der Waals surface area contributed by atoms with Crippen LogP contribution in [0.1, 0.15) is 69.3 Å². The van der Waals surface area contributed by atoms with Gasteiger partial charge in [-0.2, -0.15) is 18.4 Å². The zero-order chi connectivity index (χ0) is 31.6. The summed E-state index contributed by atoms with van der Waals surface area (Å²) in [5, 5.41) is 14.4. The number of likely N-dealkylation sites (tertiary alicyclic amines) is 1. The normalized spacial score (nSPS) is 25.8. The van der Waals surface area contributed by atoms with Crippen LogP contribution in [0.25, 0.3) is 0 Å². The lowest BCUT2D eigenvalue weighted by molar-refractivity contribution is -0.175. The van der Waals surface area contributed by atoms with Gasteiger partial charge in [-0.05, 0) is 61.1 Å². The van der Waals surface area contributed by atoms with Gasteiger partial charge >= 0.3 is 12.1 Å². The summed E-state index contributed by atoms with van der Waals surface area (Å²) in [6.45, 7) is -0.343. The van der Waals surface area contributed by atoms with Gasteiger partial charge < -0.3 is 25.2 Å². The van der Waals surface area contributed by atoms with Crippen LogP contribution in [0.5, 0.6) is 5.75 Å². The Labute approximate surface area is 251 Å². The maximum absolute atomic E-state index is 14.9. The molecular weight excluding hydrogens is 586 g/mol. The highest BCUT2D eigenvalue weighted by Crippen LogP contribution is 2.47. The van der Waals surface area contributed by atoms with Crippen LogP contribution in [0.15, 0.2) is 12.1 Å². The number of hydrogen-bond acceptors (Lipinski definition) is 6. The molecule has 1 saturated heterocycles. The van der Waals surface area contributed by atoms with E-state index in [1.807, 2.05) is 11.4 Å². The van der Waals surface area contributed by atoms with E-state index in [0.717, 1.165) is 49.0 Å². The number of likely N-dealkylation sites (N-methyl/N-ethyl adjacent to an activating group) is 1. The van der Waals surface area contributed by atoms with E-state index < -0.39 is 59.3 Å². The van der Waals surface area contributed by atoms with Gasteiger partial charge in [0.1, 0.15) is 29.6 Å². The molecule has 5 aliphatic rings. The smallest absolute Gasteiger partial charge is 0.471 e. The number of carbonyl (C=O) groups excluding carboxylic acids is 4. The van der Waals surface area contributed by atoms with Crippen molar-refractivity contribution in [3.8, 4) is 11.8 Å². The molecule has 3 saturated carbocycles. The molecule has 3 aliphatic carbocycles. The summed E-state index contributed by atoms with van der Waals surface area (Å²) < 4.78 is 60.2. The largest absolute Gasteiger partial charge is 0.473 e. The molecule has 0 unspecified atom stereocenters. The van der Waals surface area contributed by atoms with Crippen molar-refractivity contribution in [2.45, 2.75) is 93.6 Å². The summed E-state index contributed by atoms with van der Waals surface area (Å²) in [6.07, 6.45) is -0.322. The Morgan fingerprint density at radius 2 is 1.82 bits per heavy atom. The lowest BCUT2D eigenvalue weighted by atomic mass is 9.96. The van der Waals surface area contributed by atoms with Crippen LogP contribution in [0.2, 0.25) is 0 Å². The predicted molar refractivity (Wildman–Crippen MR) is 145 cm³/mol. The minimum absolute atomic E-state index is 0.00973. The van der Waals surface area contributed by atoms with E-state index in [4.69, 9.17) is 4.74 Å². The molecule has 44 heavy (non-hydrogen) atoms. The predicted octanol–water partition coefficient (Wildman–Crippen LogP) is 3.37. The van der Waals surface area contributed by atoms with Crippen molar-refractivity contribution in [3.63, 3.8) is 0 Å². The molecule has 14 heteroatoms. The Bertz CT molecular complexity index is 1430. The number of benzene rings is 1. The van der Waals surface area contributed by atoms with Gasteiger partial charge in [0.15, 0.2) is 5.82 Å². The minimum atomic E-state index is -5.19. The van der Waals surface area contributed by atoms with Crippen LogP contribution in [0.3, 0.4) is 0 Å². The second-order valence-electron chi connectivity index (χ2n) is 12.9. The number of carbonyl (C=O) groups is 4. The second kappa shape index (κ2) is 10.9. The molecule has 4 atom stereocenters. The third-order valence-corrected chi connectivity index (χ3v) is 9.32. The van der Waals surface area contributed by atoms with Gasteiger partial charge in [0.25, 0.3) is 5.91 Å². The number of nitrogens with zero attached hydrogens (tertiary/aromatic N) is 3. The molecule has 4 amide bonds. The number of fused-ring (bicyclic) bond motifs is 1. The fourth-order valence-corrected chi connectivity index (χ4v) is 6.23. The molecule has 2 heterocycles. The number of alkyl halides is 3. The Hall–Kier alpha value is -3.89. The number of halogens is 4. The molecular formula is C30H33F4N5O5. The van der Waals surface area contributed by atoms with E-state index in [1.54, 1.807) is 6.07 Å². The lowest BCUT2D eigenvalue weighted by Gasteiger charge is -2.36. The molecule has 0 radical (unpaired) electrons. The Morgan fingerprint density at radius 3 is 2.41 bits per heavy atom. The average molecular weight is 620 g/mol. The maximum atomic E-state index is 14.9. The van der Waals surface area contributed by atoms with Gasteiger partial charge in [-0.1, -0.05) is 25.7 Å². The third-order valence-electron chi connectivity index (χ3n) is 9.32. The molecule has 2 aliphatic heterocycles. The van der Waals surface area contributed by atoms with E-state index in [1.165, 1.54) is 18.0 Å². The van der Waals surface area contributed by atoms with Crippen LogP contribution in [0, 0.1) is 29.0 Å². The number of amides is 4. The van der Waals surface area contributed by atoms with Crippen molar-refractivity contribution in [2.24, 2.45) is 11.8 Å². The van der Waals surface area contributed by atoms with Crippen molar-refractivity contribution in [1.82, 2.24) is 15.1 Å². The standard InChI is InChI=1S/C30H33F4N5O5/c1-38(25(40)21(8-15-2-3-15)36-28(43)30(32,33)34)22(9-16-4-5-16)26(41)39-14-29(12-19(39)13-35)27(42)37-24-20(31)10-18(17-6-7-17)11-23(24)44-29/h10-11,15-17,19,21-22H,2-9,12,14H2,1H3,(H,36,43)(H,37,42)/t19-,21-,22-,29+/m0/s1. The zero-order valence-electron chi connectivity index (χ0n) is 24.1. The molecule has 1 spiro atoms. The highest BCUT2D eigenvalue weighted by molar-refractivity contribution is 6.02. The Kier molecular flexibility index (Phi) is 7.49. The van der Waals surface area contributed by atoms with Crippen molar-refractivity contribution in [1.29, 1.82) is 5.26 Å². The third kappa shape index (κ3) is 5.93. The number of hydrogen-bond donors (Lipinski definition) is 2. The minimum Gasteiger partial charge on any atom is -0.473 e. The van der Waals surface area contributed by atoms with Crippen LogP contribution in [0.4, 0.5) is 23.2 Å². The fraction of sp³-hybridized carbons (Fsp3) is 0.633.